The van der Waals surface area contributed by atoms with Crippen LogP contribution in [0.25, 0.3) is 0 Å². The molecule has 2 N–H and O–H groups in total. The molecular formula is C20H28N4O4. The van der Waals surface area contributed by atoms with Gasteiger partial charge in [-0.3, -0.25) is 4.90 Å². The summed E-state index contributed by atoms with van der Waals surface area (Å²) in [4.78, 5) is 10.5. The summed E-state index contributed by atoms with van der Waals surface area (Å²) in [5.41, 5.74) is 7.61. The Labute approximate surface area is 165 Å². The van der Waals surface area contributed by atoms with Gasteiger partial charge in [0, 0.05) is 49.8 Å². The first-order valence-corrected chi connectivity index (χ1v) is 9.32. The van der Waals surface area contributed by atoms with E-state index in [1.54, 1.807) is 33.7 Å². The molecule has 1 fully saturated rings. The van der Waals surface area contributed by atoms with E-state index < -0.39 is 0 Å². The molecular weight excluding hydrogens is 360 g/mol. The summed E-state index contributed by atoms with van der Waals surface area (Å²) < 4.78 is 22.4. The third kappa shape index (κ3) is 4.82. The standard InChI is InChI=1S/C20H28N4O4/c1-25-17-7-6-15(18(26-2)19(17)27-3)12-24(13-16-5-4-8-28-16)11-14-9-22-20(21)23-10-14/h6-7,9-10,16H,4-5,8,11-13H2,1-3H3,(H2,21,22,23)/t16-/m1/s1. The predicted molar refractivity (Wildman–Crippen MR) is 106 cm³/mol. The van der Waals surface area contributed by atoms with Gasteiger partial charge in [-0.1, -0.05) is 6.07 Å². The van der Waals surface area contributed by atoms with E-state index in [2.05, 4.69) is 14.9 Å². The van der Waals surface area contributed by atoms with Crippen LogP contribution < -0.4 is 19.9 Å². The first-order chi connectivity index (χ1) is 13.6. The van der Waals surface area contributed by atoms with Crippen LogP contribution in [0.4, 0.5) is 5.95 Å². The van der Waals surface area contributed by atoms with Gasteiger partial charge in [0.15, 0.2) is 11.5 Å². The second-order valence-electron chi connectivity index (χ2n) is 6.75. The zero-order chi connectivity index (χ0) is 19.9. The molecule has 8 heteroatoms. The quantitative estimate of drug-likeness (QED) is 0.699. The number of rotatable bonds is 9. The fourth-order valence-corrected chi connectivity index (χ4v) is 3.49. The zero-order valence-corrected chi connectivity index (χ0v) is 16.7. The van der Waals surface area contributed by atoms with Crippen LogP contribution >= 0.6 is 0 Å². The van der Waals surface area contributed by atoms with E-state index in [1.807, 2.05) is 12.1 Å². The Hall–Kier alpha value is -2.58. The number of hydrogen-bond donors (Lipinski definition) is 1. The molecule has 1 aliphatic heterocycles. The number of aromatic nitrogens is 2. The molecule has 0 saturated carbocycles. The largest absolute Gasteiger partial charge is 0.493 e. The van der Waals surface area contributed by atoms with Gasteiger partial charge in [0.2, 0.25) is 11.7 Å². The number of ether oxygens (including phenoxy) is 4. The lowest BCUT2D eigenvalue weighted by atomic mass is 10.1. The molecule has 1 saturated heterocycles. The number of anilines is 1. The predicted octanol–water partition coefficient (Wildman–Crippen LogP) is 2.27. The van der Waals surface area contributed by atoms with Crippen molar-refractivity contribution in [1.29, 1.82) is 0 Å². The van der Waals surface area contributed by atoms with Gasteiger partial charge < -0.3 is 24.7 Å². The maximum absolute atomic E-state index is 5.85. The first kappa shape index (κ1) is 20.2. The van der Waals surface area contributed by atoms with E-state index in [4.69, 9.17) is 24.7 Å². The average molecular weight is 388 g/mol. The number of nitrogens with two attached hydrogens (primary N) is 1. The minimum atomic E-state index is 0.223. The topological polar surface area (TPSA) is 92.0 Å². The lowest BCUT2D eigenvalue weighted by Gasteiger charge is -2.26. The molecule has 1 atom stereocenters. The lowest BCUT2D eigenvalue weighted by molar-refractivity contribution is 0.0675. The van der Waals surface area contributed by atoms with E-state index in [0.717, 1.165) is 37.1 Å². The molecule has 0 spiro atoms. The Balaban J connectivity index is 1.84. The van der Waals surface area contributed by atoms with E-state index in [0.29, 0.717) is 30.3 Å². The van der Waals surface area contributed by atoms with Crippen molar-refractivity contribution >= 4 is 5.95 Å². The smallest absolute Gasteiger partial charge is 0.219 e. The summed E-state index contributed by atoms with van der Waals surface area (Å²) in [6, 6.07) is 3.90. The molecule has 0 bridgehead atoms. The highest BCUT2D eigenvalue weighted by atomic mass is 16.5. The number of hydrogen-bond acceptors (Lipinski definition) is 8. The molecule has 8 nitrogen and oxygen atoms in total. The van der Waals surface area contributed by atoms with Gasteiger partial charge in [-0.15, -0.1) is 0 Å². The van der Waals surface area contributed by atoms with E-state index in [9.17, 15) is 0 Å². The fraction of sp³-hybridized carbons (Fsp3) is 0.500. The monoisotopic (exact) mass is 388 g/mol. The van der Waals surface area contributed by atoms with Crippen molar-refractivity contribution in [3.05, 3.63) is 35.7 Å². The molecule has 3 rings (SSSR count). The van der Waals surface area contributed by atoms with Crippen molar-refractivity contribution in [1.82, 2.24) is 14.9 Å². The molecule has 0 radical (unpaired) electrons. The van der Waals surface area contributed by atoms with Gasteiger partial charge in [0.1, 0.15) is 0 Å². The van der Waals surface area contributed by atoms with Crippen LogP contribution in [0.3, 0.4) is 0 Å². The molecule has 0 aliphatic carbocycles. The summed E-state index contributed by atoms with van der Waals surface area (Å²) in [5.74, 6) is 2.18. The van der Waals surface area contributed by atoms with Gasteiger partial charge >= 0.3 is 0 Å². The van der Waals surface area contributed by atoms with Gasteiger partial charge in [-0.25, -0.2) is 9.97 Å². The molecule has 2 aromatic rings. The van der Waals surface area contributed by atoms with Crippen molar-refractivity contribution in [3.63, 3.8) is 0 Å². The third-order valence-electron chi connectivity index (χ3n) is 4.80. The summed E-state index contributed by atoms with van der Waals surface area (Å²) >= 11 is 0. The van der Waals surface area contributed by atoms with E-state index in [-0.39, 0.29) is 12.1 Å². The van der Waals surface area contributed by atoms with Crippen LogP contribution in [0.5, 0.6) is 17.2 Å². The fourth-order valence-electron chi connectivity index (χ4n) is 3.49. The van der Waals surface area contributed by atoms with Crippen molar-refractivity contribution in [2.45, 2.75) is 32.0 Å². The van der Waals surface area contributed by atoms with Crippen molar-refractivity contribution in [2.24, 2.45) is 0 Å². The number of nitrogens with zero attached hydrogens (tertiary/aromatic N) is 3. The first-order valence-electron chi connectivity index (χ1n) is 9.32. The molecule has 1 aromatic carbocycles. The highest BCUT2D eigenvalue weighted by Crippen LogP contribution is 2.40. The number of nitrogen functional groups attached to an aromatic ring is 1. The summed E-state index contributed by atoms with van der Waals surface area (Å²) in [7, 11) is 4.86. The average Bonchev–Trinajstić information content (AvgIpc) is 3.22. The Morgan fingerprint density at radius 2 is 1.82 bits per heavy atom. The maximum atomic E-state index is 5.85. The highest BCUT2D eigenvalue weighted by molar-refractivity contribution is 5.55. The summed E-state index contributed by atoms with van der Waals surface area (Å²) in [6.07, 6.45) is 5.91. The van der Waals surface area contributed by atoms with Crippen LogP contribution in [-0.2, 0) is 17.8 Å². The summed E-state index contributed by atoms with van der Waals surface area (Å²) in [5, 5.41) is 0. The zero-order valence-electron chi connectivity index (χ0n) is 16.7. The van der Waals surface area contributed by atoms with Crippen LogP contribution in [0.15, 0.2) is 24.5 Å². The van der Waals surface area contributed by atoms with Gasteiger partial charge in [-0.05, 0) is 18.9 Å². The molecule has 28 heavy (non-hydrogen) atoms. The molecule has 0 amide bonds. The van der Waals surface area contributed by atoms with Crippen LogP contribution in [-0.4, -0.2) is 55.5 Å². The normalized spacial score (nSPS) is 16.4. The molecule has 2 heterocycles. The van der Waals surface area contributed by atoms with Gasteiger partial charge in [0.05, 0.1) is 27.4 Å². The van der Waals surface area contributed by atoms with Gasteiger partial charge in [-0.2, -0.15) is 0 Å². The Morgan fingerprint density at radius 1 is 1.07 bits per heavy atom. The maximum Gasteiger partial charge on any atom is 0.219 e. The van der Waals surface area contributed by atoms with Crippen LogP contribution in [0, 0.1) is 0 Å². The van der Waals surface area contributed by atoms with E-state index >= 15 is 0 Å². The van der Waals surface area contributed by atoms with Crippen molar-refractivity contribution in [2.75, 3.05) is 40.2 Å². The SMILES string of the molecule is COc1ccc(CN(Cc2cnc(N)nc2)C[C@H]2CCCO2)c(OC)c1OC. The molecule has 152 valence electrons. The van der Waals surface area contributed by atoms with Gasteiger partial charge in [0.25, 0.3) is 0 Å². The number of methoxy groups -OCH3 is 3. The van der Waals surface area contributed by atoms with Crippen molar-refractivity contribution in [3.8, 4) is 17.2 Å². The minimum Gasteiger partial charge on any atom is -0.493 e. The highest BCUT2D eigenvalue weighted by Gasteiger charge is 2.22. The molecule has 0 unspecified atom stereocenters. The molecule has 1 aromatic heterocycles. The summed E-state index contributed by atoms with van der Waals surface area (Å²) in [6.45, 7) is 2.97. The molecule has 1 aliphatic rings. The second kappa shape index (κ2) is 9.57. The second-order valence-corrected chi connectivity index (χ2v) is 6.75. The number of benzene rings is 1. The van der Waals surface area contributed by atoms with Crippen LogP contribution in [0.2, 0.25) is 0 Å². The van der Waals surface area contributed by atoms with Crippen molar-refractivity contribution < 1.29 is 18.9 Å². The third-order valence-corrected chi connectivity index (χ3v) is 4.80. The Morgan fingerprint density at radius 3 is 2.43 bits per heavy atom. The Kier molecular flexibility index (Phi) is 6.89. The minimum absolute atomic E-state index is 0.223. The van der Waals surface area contributed by atoms with E-state index in [1.165, 1.54) is 0 Å². The Bertz CT molecular complexity index is 764. The lowest BCUT2D eigenvalue weighted by Crippen LogP contribution is -2.31. The van der Waals surface area contributed by atoms with Crippen LogP contribution in [0.1, 0.15) is 24.0 Å².